The van der Waals surface area contributed by atoms with E-state index in [2.05, 4.69) is 35.4 Å². The molecule has 1 aromatic heterocycles. The number of halogens is 1. The van der Waals surface area contributed by atoms with Gasteiger partial charge in [-0.15, -0.1) is 35.3 Å². The van der Waals surface area contributed by atoms with Crippen LogP contribution in [0.5, 0.6) is 5.75 Å². The van der Waals surface area contributed by atoms with E-state index in [0.717, 1.165) is 24.2 Å². The first kappa shape index (κ1) is 18.1. The Kier molecular flexibility index (Phi) is 6.71. The lowest BCUT2D eigenvalue weighted by Crippen LogP contribution is -2.37. The summed E-state index contributed by atoms with van der Waals surface area (Å²) in [6, 6.07) is 12.5. The monoisotopic (exact) mass is 443 g/mol. The molecule has 1 aliphatic rings. The van der Waals surface area contributed by atoms with Crippen LogP contribution in [-0.4, -0.2) is 12.6 Å². The Morgan fingerprint density at radius 3 is 2.87 bits per heavy atom. The van der Waals surface area contributed by atoms with Gasteiger partial charge in [-0.2, -0.15) is 0 Å². The molecule has 2 heterocycles. The number of nitrogens with zero attached hydrogens (tertiary/aromatic N) is 1. The third-order valence-corrected chi connectivity index (χ3v) is 4.97. The fourth-order valence-electron chi connectivity index (χ4n) is 2.58. The highest BCUT2D eigenvalue weighted by Crippen LogP contribution is 2.31. The van der Waals surface area contributed by atoms with E-state index in [0.29, 0.717) is 19.1 Å². The molecule has 0 bridgehead atoms. The average molecular weight is 443 g/mol. The normalized spacial score (nSPS) is 16.9. The van der Waals surface area contributed by atoms with E-state index in [1.165, 1.54) is 9.75 Å². The molecule has 0 amide bonds. The van der Waals surface area contributed by atoms with Crippen LogP contribution in [0.1, 0.15) is 34.7 Å². The third kappa shape index (κ3) is 4.60. The Balaban J connectivity index is 0.00000192. The molecule has 3 rings (SSSR count). The second kappa shape index (κ2) is 8.54. The predicted molar refractivity (Wildman–Crippen MR) is 107 cm³/mol. The summed E-state index contributed by atoms with van der Waals surface area (Å²) >= 11 is 1.80. The lowest BCUT2D eigenvalue weighted by Gasteiger charge is -2.26. The Morgan fingerprint density at radius 1 is 1.30 bits per heavy atom. The Morgan fingerprint density at radius 2 is 2.09 bits per heavy atom. The van der Waals surface area contributed by atoms with E-state index in [-0.39, 0.29) is 30.0 Å². The zero-order chi connectivity index (χ0) is 15.4. The smallest absolute Gasteiger partial charge is 0.189 e. The molecule has 3 N–H and O–H groups in total. The zero-order valence-electron chi connectivity index (χ0n) is 13.1. The van der Waals surface area contributed by atoms with Crippen LogP contribution in [0.3, 0.4) is 0 Å². The maximum absolute atomic E-state index is 6.05. The lowest BCUT2D eigenvalue weighted by molar-refractivity contribution is 0.262. The number of nitrogens with two attached hydrogens (primary N) is 1. The van der Waals surface area contributed by atoms with Gasteiger partial charge in [0.05, 0.1) is 19.2 Å². The number of benzene rings is 1. The van der Waals surface area contributed by atoms with Crippen molar-refractivity contribution in [1.29, 1.82) is 0 Å². The molecule has 1 atom stereocenters. The molecule has 0 fully saturated rings. The standard InChI is InChI=1S/C17H21N3OS.HI/c1-2-12-7-8-13(22-12)11-19-17(18)20-15-9-10-21-16-6-4-3-5-14(15)16;/h3-8,15H,2,9-11H2,1H3,(H3,18,19,20);1H. The maximum Gasteiger partial charge on any atom is 0.189 e. The molecule has 2 aromatic rings. The van der Waals surface area contributed by atoms with E-state index in [4.69, 9.17) is 10.5 Å². The van der Waals surface area contributed by atoms with Crippen molar-refractivity contribution < 1.29 is 4.74 Å². The highest BCUT2D eigenvalue weighted by molar-refractivity contribution is 14.0. The Labute approximate surface area is 158 Å². The minimum atomic E-state index is 0. The summed E-state index contributed by atoms with van der Waals surface area (Å²) in [5.41, 5.74) is 7.20. The van der Waals surface area contributed by atoms with Gasteiger partial charge >= 0.3 is 0 Å². The molecule has 0 saturated carbocycles. The van der Waals surface area contributed by atoms with Gasteiger partial charge in [0, 0.05) is 21.7 Å². The topological polar surface area (TPSA) is 59.6 Å². The summed E-state index contributed by atoms with van der Waals surface area (Å²) < 4.78 is 5.66. The van der Waals surface area contributed by atoms with Crippen LogP contribution in [0, 0.1) is 0 Å². The van der Waals surface area contributed by atoms with Crippen LogP contribution in [0.15, 0.2) is 41.4 Å². The van der Waals surface area contributed by atoms with Gasteiger partial charge in [-0.1, -0.05) is 25.1 Å². The number of rotatable bonds is 4. The van der Waals surface area contributed by atoms with E-state index < -0.39 is 0 Å². The number of thiophene rings is 1. The number of aliphatic imine (C=N–C) groups is 1. The summed E-state index contributed by atoms with van der Waals surface area (Å²) in [7, 11) is 0. The average Bonchev–Trinajstić information content (AvgIpc) is 3.01. The zero-order valence-corrected chi connectivity index (χ0v) is 16.3. The third-order valence-electron chi connectivity index (χ3n) is 3.75. The number of ether oxygens (including phenoxy) is 1. The molecule has 1 unspecified atom stereocenters. The van der Waals surface area contributed by atoms with Crippen LogP contribution in [0.4, 0.5) is 0 Å². The van der Waals surface area contributed by atoms with Gasteiger partial charge < -0.3 is 15.8 Å². The number of para-hydroxylation sites is 1. The van der Waals surface area contributed by atoms with Gasteiger partial charge in [0.2, 0.25) is 0 Å². The molecule has 0 radical (unpaired) electrons. The summed E-state index contributed by atoms with van der Waals surface area (Å²) in [6.07, 6.45) is 1.97. The lowest BCUT2D eigenvalue weighted by atomic mass is 10.0. The molecule has 124 valence electrons. The summed E-state index contributed by atoms with van der Waals surface area (Å²) in [4.78, 5) is 7.09. The first-order valence-electron chi connectivity index (χ1n) is 7.62. The van der Waals surface area contributed by atoms with Crippen molar-refractivity contribution >= 4 is 41.3 Å². The van der Waals surface area contributed by atoms with Crippen molar-refractivity contribution in [3.05, 3.63) is 51.7 Å². The summed E-state index contributed by atoms with van der Waals surface area (Å²) in [5, 5.41) is 3.32. The Hall–Kier alpha value is -1.28. The maximum atomic E-state index is 6.05. The fraction of sp³-hybridized carbons (Fsp3) is 0.353. The van der Waals surface area contributed by atoms with Gasteiger partial charge in [-0.05, 0) is 24.6 Å². The molecule has 1 aliphatic heterocycles. The quantitative estimate of drug-likeness (QED) is 0.429. The van der Waals surface area contributed by atoms with Crippen LogP contribution in [-0.2, 0) is 13.0 Å². The van der Waals surface area contributed by atoms with Crippen LogP contribution >= 0.6 is 35.3 Å². The molecular formula is C17H22IN3OS. The number of fused-ring (bicyclic) bond motifs is 1. The van der Waals surface area contributed by atoms with Crippen LogP contribution < -0.4 is 15.8 Å². The summed E-state index contributed by atoms with van der Waals surface area (Å²) in [5.74, 6) is 1.43. The highest BCUT2D eigenvalue weighted by Gasteiger charge is 2.21. The van der Waals surface area contributed by atoms with Crippen molar-refractivity contribution in [2.75, 3.05) is 6.61 Å². The number of hydrogen-bond acceptors (Lipinski definition) is 3. The van der Waals surface area contributed by atoms with E-state index in [1.54, 1.807) is 11.3 Å². The first-order valence-corrected chi connectivity index (χ1v) is 8.43. The highest BCUT2D eigenvalue weighted by atomic mass is 127. The van der Waals surface area contributed by atoms with Gasteiger partial charge in [0.15, 0.2) is 5.96 Å². The molecule has 1 aromatic carbocycles. The Bertz CT molecular complexity index is 671. The number of nitrogens with one attached hydrogen (secondary N) is 1. The largest absolute Gasteiger partial charge is 0.493 e. The van der Waals surface area contributed by atoms with Crippen molar-refractivity contribution in [2.24, 2.45) is 10.7 Å². The number of hydrogen-bond donors (Lipinski definition) is 2. The second-order valence-corrected chi connectivity index (χ2v) is 6.55. The molecular weight excluding hydrogens is 421 g/mol. The van der Waals surface area contributed by atoms with Crippen LogP contribution in [0.25, 0.3) is 0 Å². The number of aryl methyl sites for hydroxylation is 1. The van der Waals surface area contributed by atoms with Crippen molar-refractivity contribution in [3.8, 4) is 5.75 Å². The molecule has 0 saturated heterocycles. The minimum Gasteiger partial charge on any atom is -0.493 e. The molecule has 0 spiro atoms. The van der Waals surface area contributed by atoms with E-state index in [1.807, 2.05) is 18.2 Å². The van der Waals surface area contributed by atoms with Gasteiger partial charge in [0.25, 0.3) is 0 Å². The van der Waals surface area contributed by atoms with Crippen molar-refractivity contribution in [2.45, 2.75) is 32.4 Å². The van der Waals surface area contributed by atoms with Gasteiger partial charge in [-0.3, -0.25) is 0 Å². The second-order valence-electron chi connectivity index (χ2n) is 5.29. The van der Waals surface area contributed by atoms with Gasteiger partial charge in [-0.25, -0.2) is 4.99 Å². The van der Waals surface area contributed by atoms with Gasteiger partial charge in [0.1, 0.15) is 5.75 Å². The fourth-order valence-corrected chi connectivity index (χ4v) is 3.46. The molecule has 4 nitrogen and oxygen atoms in total. The summed E-state index contributed by atoms with van der Waals surface area (Å²) in [6.45, 7) is 3.50. The van der Waals surface area contributed by atoms with Crippen LogP contribution in [0.2, 0.25) is 0 Å². The first-order chi connectivity index (χ1) is 10.8. The van der Waals surface area contributed by atoms with Crippen molar-refractivity contribution in [3.63, 3.8) is 0 Å². The SMILES string of the molecule is CCc1ccc(CN=C(N)NC2CCOc3ccccc32)s1.I. The number of guanidine groups is 1. The molecule has 23 heavy (non-hydrogen) atoms. The van der Waals surface area contributed by atoms with Crippen molar-refractivity contribution in [1.82, 2.24) is 5.32 Å². The van der Waals surface area contributed by atoms with E-state index in [9.17, 15) is 0 Å². The molecule has 6 heteroatoms. The minimum absolute atomic E-state index is 0. The molecule has 0 aliphatic carbocycles. The predicted octanol–water partition coefficient (Wildman–Crippen LogP) is 3.86. The van der Waals surface area contributed by atoms with E-state index >= 15 is 0 Å².